The lowest BCUT2D eigenvalue weighted by Crippen LogP contribution is -2.38. The third-order valence-corrected chi connectivity index (χ3v) is 5.39. The van der Waals surface area contributed by atoms with Crippen LogP contribution in [-0.2, 0) is 4.79 Å². The number of fused-ring (bicyclic) bond motifs is 1. The number of anilines is 1. The highest BCUT2D eigenvalue weighted by molar-refractivity contribution is 8.00. The summed E-state index contributed by atoms with van der Waals surface area (Å²) in [6.07, 6.45) is 3.74. The van der Waals surface area contributed by atoms with Crippen molar-refractivity contribution in [1.82, 2.24) is 5.32 Å². The van der Waals surface area contributed by atoms with E-state index in [9.17, 15) is 9.59 Å². The molecule has 118 valence electrons. The molecule has 1 aromatic carbocycles. The summed E-state index contributed by atoms with van der Waals surface area (Å²) in [5, 5.41) is 15.0. The first-order chi connectivity index (χ1) is 10.7. The molecule has 1 heterocycles. The van der Waals surface area contributed by atoms with Gasteiger partial charge in [-0.05, 0) is 49.8 Å². The Morgan fingerprint density at radius 3 is 2.82 bits per heavy atom. The van der Waals surface area contributed by atoms with Gasteiger partial charge in [0.15, 0.2) is 0 Å². The fraction of sp³-hybridized carbons (Fsp3) is 0.500. The number of benzene rings is 1. The third kappa shape index (κ3) is 3.44. The number of carbonyl (C=O) groups excluding carboxylic acids is 2. The van der Waals surface area contributed by atoms with Gasteiger partial charge in [-0.1, -0.05) is 0 Å². The van der Waals surface area contributed by atoms with Gasteiger partial charge in [0.2, 0.25) is 5.91 Å². The zero-order valence-electron chi connectivity index (χ0n) is 12.3. The van der Waals surface area contributed by atoms with E-state index in [0.29, 0.717) is 17.2 Å². The SMILES string of the molecule is O=C1CSc2ccc(C(=O)NC3CCC(CO)CC3)cc2N1. The smallest absolute Gasteiger partial charge is 0.251 e. The predicted octanol–water partition coefficient (Wildman–Crippen LogP) is 2.01. The molecule has 0 saturated heterocycles. The molecule has 2 aliphatic rings. The molecule has 0 atom stereocenters. The van der Waals surface area contributed by atoms with E-state index in [1.54, 1.807) is 12.1 Å². The average molecular weight is 320 g/mol. The maximum absolute atomic E-state index is 12.4. The summed E-state index contributed by atoms with van der Waals surface area (Å²) in [5.41, 5.74) is 1.30. The Hall–Kier alpha value is -1.53. The Morgan fingerprint density at radius 1 is 1.32 bits per heavy atom. The number of amides is 2. The van der Waals surface area contributed by atoms with E-state index >= 15 is 0 Å². The van der Waals surface area contributed by atoms with Crippen LogP contribution in [0.25, 0.3) is 0 Å². The maximum atomic E-state index is 12.4. The second kappa shape index (κ2) is 6.71. The summed E-state index contributed by atoms with van der Waals surface area (Å²) in [5.74, 6) is 0.675. The highest BCUT2D eigenvalue weighted by Gasteiger charge is 2.23. The van der Waals surface area contributed by atoms with Crippen LogP contribution in [0.15, 0.2) is 23.1 Å². The molecule has 1 aliphatic heterocycles. The van der Waals surface area contributed by atoms with Crippen LogP contribution >= 0.6 is 11.8 Å². The Balaban J connectivity index is 1.63. The number of carbonyl (C=O) groups is 2. The highest BCUT2D eigenvalue weighted by atomic mass is 32.2. The number of hydrogen-bond donors (Lipinski definition) is 3. The lowest BCUT2D eigenvalue weighted by Gasteiger charge is -2.28. The van der Waals surface area contributed by atoms with Crippen LogP contribution in [-0.4, -0.2) is 35.3 Å². The average Bonchev–Trinajstić information content (AvgIpc) is 2.54. The molecular formula is C16H20N2O3S. The molecule has 1 saturated carbocycles. The van der Waals surface area contributed by atoms with E-state index in [2.05, 4.69) is 10.6 Å². The summed E-state index contributed by atoms with van der Waals surface area (Å²) in [6.45, 7) is 0.239. The quantitative estimate of drug-likeness (QED) is 0.796. The normalized spacial score (nSPS) is 24.3. The van der Waals surface area contributed by atoms with Crippen molar-refractivity contribution in [2.75, 3.05) is 17.7 Å². The number of aliphatic hydroxyl groups excluding tert-OH is 1. The van der Waals surface area contributed by atoms with Crippen LogP contribution < -0.4 is 10.6 Å². The van der Waals surface area contributed by atoms with Gasteiger partial charge in [0.1, 0.15) is 0 Å². The Bertz CT molecular complexity index is 583. The minimum atomic E-state index is -0.0972. The first-order valence-electron chi connectivity index (χ1n) is 7.64. The molecule has 1 aromatic rings. The van der Waals surface area contributed by atoms with Gasteiger partial charge in [0.25, 0.3) is 5.91 Å². The lowest BCUT2D eigenvalue weighted by molar-refractivity contribution is -0.113. The van der Waals surface area contributed by atoms with Crippen molar-refractivity contribution in [2.24, 2.45) is 5.92 Å². The van der Waals surface area contributed by atoms with Gasteiger partial charge in [-0.25, -0.2) is 0 Å². The van der Waals surface area contributed by atoms with Crippen molar-refractivity contribution in [3.8, 4) is 0 Å². The molecule has 5 nitrogen and oxygen atoms in total. The maximum Gasteiger partial charge on any atom is 0.251 e. The van der Waals surface area contributed by atoms with Crippen molar-refractivity contribution in [1.29, 1.82) is 0 Å². The van der Waals surface area contributed by atoms with Gasteiger partial charge in [0.05, 0.1) is 11.4 Å². The van der Waals surface area contributed by atoms with Gasteiger partial charge < -0.3 is 15.7 Å². The first kappa shape index (κ1) is 15.4. The van der Waals surface area contributed by atoms with E-state index in [0.717, 1.165) is 36.3 Å². The second-order valence-electron chi connectivity index (χ2n) is 5.92. The van der Waals surface area contributed by atoms with Crippen molar-refractivity contribution in [3.05, 3.63) is 23.8 Å². The van der Waals surface area contributed by atoms with Crippen molar-refractivity contribution in [2.45, 2.75) is 36.6 Å². The number of rotatable bonds is 3. The minimum Gasteiger partial charge on any atom is -0.396 e. The molecule has 0 unspecified atom stereocenters. The molecule has 3 N–H and O–H groups in total. The lowest BCUT2D eigenvalue weighted by atomic mass is 9.86. The second-order valence-corrected chi connectivity index (χ2v) is 6.94. The first-order valence-corrected chi connectivity index (χ1v) is 8.62. The Morgan fingerprint density at radius 2 is 2.09 bits per heavy atom. The molecule has 3 rings (SSSR count). The van der Waals surface area contributed by atoms with Gasteiger partial charge in [-0.15, -0.1) is 11.8 Å². The molecule has 1 fully saturated rings. The molecule has 2 amide bonds. The predicted molar refractivity (Wildman–Crippen MR) is 86.1 cm³/mol. The van der Waals surface area contributed by atoms with Gasteiger partial charge in [-0.3, -0.25) is 9.59 Å². The largest absolute Gasteiger partial charge is 0.396 e. The third-order valence-electron chi connectivity index (χ3n) is 4.31. The van der Waals surface area contributed by atoms with Crippen LogP contribution in [0.1, 0.15) is 36.0 Å². The van der Waals surface area contributed by atoms with Crippen LogP contribution in [0.2, 0.25) is 0 Å². The topological polar surface area (TPSA) is 78.4 Å². The number of aliphatic hydroxyl groups is 1. The Kier molecular flexibility index (Phi) is 4.69. The van der Waals surface area contributed by atoms with Gasteiger partial charge in [0, 0.05) is 23.1 Å². The standard InChI is InChI=1S/C16H20N2O3S/c19-8-10-1-4-12(5-2-10)17-16(21)11-3-6-14-13(7-11)18-15(20)9-22-14/h3,6-7,10,12,19H,1-2,4-5,8-9H2,(H,17,21)(H,18,20). The summed E-state index contributed by atoms with van der Waals surface area (Å²) in [4.78, 5) is 24.8. The zero-order chi connectivity index (χ0) is 15.5. The highest BCUT2D eigenvalue weighted by Crippen LogP contribution is 2.32. The molecule has 1 aliphatic carbocycles. The molecule has 22 heavy (non-hydrogen) atoms. The van der Waals surface area contributed by atoms with E-state index in [4.69, 9.17) is 5.11 Å². The number of nitrogens with one attached hydrogen (secondary N) is 2. The van der Waals surface area contributed by atoms with Crippen LogP contribution in [0.3, 0.4) is 0 Å². The van der Waals surface area contributed by atoms with E-state index < -0.39 is 0 Å². The zero-order valence-corrected chi connectivity index (χ0v) is 13.1. The minimum absolute atomic E-state index is 0.0302. The molecule has 0 radical (unpaired) electrons. The number of hydrogen-bond acceptors (Lipinski definition) is 4. The molecular weight excluding hydrogens is 300 g/mol. The van der Waals surface area contributed by atoms with Crippen molar-refractivity contribution in [3.63, 3.8) is 0 Å². The fourth-order valence-electron chi connectivity index (χ4n) is 2.98. The summed E-state index contributed by atoms with van der Waals surface area (Å²) >= 11 is 1.49. The van der Waals surface area contributed by atoms with Crippen molar-refractivity contribution < 1.29 is 14.7 Å². The van der Waals surface area contributed by atoms with E-state index in [1.807, 2.05) is 6.07 Å². The van der Waals surface area contributed by atoms with Crippen LogP contribution in [0.5, 0.6) is 0 Å². The summed E-state index contributed by atoms with van der Waals surface area (Å²) < 4.78 is 0. The fourth-order valence-corrected chi connectivity index (χ4v) is 3.77. The van der Waals surface area contributed by atoms with Crippen LogP contribution in [0, 0.1) is 5.92 Å². The van der Waals surface area contributed by atoms with Gasteiger partial charge in [-0.2, -0.15) is 0 Å². The molecule has 6 heteroatoms. The van der Waals surface area contributed by atoms with Gasteiger partial charge >= 0.3 is 0 Å². The monoisotopic (exact) mass is 320 g/mol. The molecule has 0 spiro atoms. The molecule has 0 bridgehead atoms. The molecule has 0 aromatic heterocycles. The number of thioether (sulfide) groups is 1. The summed E-state index contributed by atoms with van der Waals surface area (Å²) in [7, 11) is 0. The van der Waals surface area contributed by atoms with Crippen LogP contribution in [0.4, 0.5) is 5.69 Å². The van der Waals surface area contributed by atoms with E-state index in [1.165, 1.54) is 11.8 Å². The van der Waals surface area contributed by atoms with E-state index in [-0.39, 0.29) is 24.5 Å². The summed E-state index contributed by atoms with van der Waals surface area (Å²) in [6, 6.07) is 5.61. The Labute approximate surface area is 133 Å². The van der Waals surface area contributed by atoms with Crippen molar-refractivity contribution >= 4 is 29.3 Å².